The predicted molar refractivity (Wildman–Crippen MR) is 63.3 cm³/mol. The summed E-state index contributed by atoms with van der Waals surface area (Å²) in [6.45, 7) is 5.64. The molecule has 1 heterocycles. The van der Waals surface area contributed by atoms with Crippen LogP contribution in [0.5, 0.6) is 0 Å². The quantitative estimate of drug-likeness (QED) is 0.686. The van der Waals surface area contributed by atoms with E-state index in [1.54, 1.807) is 0 Å². The smallest absolute Gasteiger partial charge is 0.410 e. The van der Waals surface area contributed by atoms with Crippen molar-refractivity contribution in [2.75, 3.05) is 13.1 Å². The number of amides is 1. The van der Waals surface area contributed by atoms with Crippen molar-refractivity contribution in [2.45, 2.75) is 52.1 Å². The van der Waals surface area contributed by atoms with Crippen molar-refractivity contribution in [3.05, 3.63) is 0 Å². The van der Waals surface area contributed by atoms with Gasteiger partial charge in [-0.2, -0.15) is 0 Å². The van der Waals surface area contributed by atoms with Gasteiger partial charge in [-0.3, -0.25) is 0 Å². The van der Waals surface area contributed by atoms with Gasteiger partial charge in [0, 0.05) is 13.1 Å². The minimum Gasteiger partial charge on any atom is -0.447 e. The van der Waals surface area contributed by atoms with Gasteiger partial charge in [-0.05, 0) is 38.5 Å². The lowest BCUT2D eigenvalue weighted by Gasteiger charge is -2.40. The highest BCUT2D eigenvalue weighted by molar-refractivity contribution is 5.67. The summed E-state index contributed by atoms with van der Waals surface area (Å²) >= 11 is 0. The molecule has 3 heteroatoms. The molecule has 2 rings (SSSR count). The van der Waals surface area contributed by atoms with E-state index in [0.717, 1.165) is 24.9 Å². The number of nitrogens with zero attached hydrogens (tertiary/aromatic N) is 1. The molecular weight excluding hydrogens is 202 g/mol. The lowest BCUT2D eigenvalue weighted by molar-refractivity contribution is 0.0414. The van der Waals surface area contributed by atoms with Gasteiger partial charge < -0.3 is 9.64 Å². The zero-order chi connectivity index (χ0) is 11.5. The molecule has 0 spiro atoms. The maximum absolute atomic E-state index is 11.8. The Balaban J connectivity index is 1.87. The fourth-order valence-corrected chi connectivity index (χ4v) is 3.04. The first kappa shape index (κ1) is 11.7. The van der Waals surface area contributed by atoms with Crippen molar-refractivity contribution in [1.29, 1.82) is 0 Å². The van der Waals surface area contributed by atoms with Crippen molar-refractivity contribution in [3.8, 4) is 0 Å². The number of carbonyl (C=O) groups excluding carboxylic acids is 1. The first-order valence-electron chi connectivity index (χ1n) is 6.62. The Morgan fingerprint density at radius 2 is 1.88 bits per heavy atom. The van der Waals surface area contributed by atoms with Gasteiger partial charge in [-0.15, -0.1) is 0 Å². The molecule has 16 heavy (non-hydrogen) atoms. The van der Waals surface area contributed by atoms with E-state index in [-0.39, 0.29) is 12.2 Å². The highest BCUT2D eigenvalue weighted by Gasteiger charge is 2.33. The molecule has 0 bridgehead atoms. The van der Waals surface area contributed by atoms with E-state index in [9.17, 15) is 4.79 Å². The Morgan fingerprint density at radius 3 is 2.56 bits per heavy atom. The summed E-state index contributed by atoms with van der Waals surface area (Å²) in [6.07, 6.45) is 6.47. The summed E-state index contributed by atoms with van der Waals surface area (Å²) in [5.74, 6) is 1.61. The van der Waals surface area contributed by atoms with Gasteiger partial charge in [0.1, 0.15) is 0 Å². The normalized spacial score (nSPS) is 30.1. The molecule has 0 aromatic rings. The molecule has 2 atom stereocenters. The van der Waals surface area contributed by atoms with Crippen LogP contribution in [0.25, 0.3) is 0 Å². The van der Waals surface area contributed by atoms with E-state index in [1.165, 1.54) is 32.1 Å². The van der Waals surface area contributed by atoms with Crippen LogP contribution in [-0.4, -0.2) is 30.2 Å². The number of hydrogen-bond acceptors (Lipinski definition) is 2. The molecule has 1 aliphatic carbocycles. The molecule has 3 nitrogen and oxygen atoms in total. The standard InChI is InChI=1S/C13H23NO2/c1-10(2)16-13(15)14-8-7-11-5-3-4-6-12(11)9-14/h10-12H,3-9H2,1-2H3. The summed E-state index contributed by atoms with van der Waals surface area (Å²) in [6, 6.07) is 0. The third-order valence-electron chi connectivity index (χ3n) is 3.89. The number of carbonyl (C=O) groups is 1. The van der Waals surface area contributed by atoms with Crippen molar-refractivity contribution in [3.63, 3.8) is 0 Å². The molecule has 0 aromatic heterocycles. The highest BCUT2D eigenvalue weighted by Crippen LogP contribution is 2.36. The monoisotopic (exact) mass is 225 g/mol. The van der Waals surface area contributed by atoms with E-state index >= 15 is 0 Å². The first-order valence-corrected chi connectivity index (χ1v) is 6.62. The van der Waals surface area contributed by atoms with E-state index < -0.39 is 0 Å². The second kappa shape index (κ2) is 5.07. The molecule has 2 fully saturated rings. The first-order chi connectivity index (χ1) is 7.66. The third kappa shape index (κ3) is 2.69. The van der Waals surface area contributed by atoms with Crippen molar-refractivity contribution in [2.24, 2.45) is 11.8 Å². The largest absolute Gasteiger partial charge is 0.447 e. The molecule has 1 aliphatic heterocycles. The molecule has 0 aromatic carbocycles. The van der Waals surface area contributed by atoms with Gasteiger partial charge in [0.25, 0.3) is 0 Å². The van der Waals surface area contributed by atoms with E-state index in [2.05, 4.69) is 0 Å². The minimum atomic E-state index is -0.112. The number of rotatable bonds is 1. The summed E-state index contributed by atoms with van der Waals surface area (Å²) in [4.78, 5) is 13.7. The summed E-state index contributed by atoms with van der Waals surface area (Å²) < 4.78 is 5.26. The highest BCUT2D eigenvalue weighted by atomic mass is 16.6. The van der Waals surface area contributed by atoms with E-state index in [1.807, 2.05) is 18.7 Å². The fraction of sp³-hybridized carbons (Fsp3) is 0.923. The number of likely N-dealkylation sites (tertiary alicyclic amines) is 1. The van der Waals surface area contributed by atoms with Crippen LogP contribution in [0.15, 0.2) is 0 Å². The average molecular weight is 225 g/mol. The van der Waals surface area contributed by atoms with Crippen LogP contribution < -0.4 is 0 Å². The van der Waals surface area contributed by atoms with Crippen LogP contribution in [0.4, 0.5) is 4.79 Å². The molecule has 1 amide bonds. The van der Waals surface area contributed by atoms with Crippen molar-refractivity contribution >= 4 is 6.09 Å². The van der Waals surface area contributed by atoms with Crippen LogP contribution in [0.2, 0.25) is 0 Å². The SMILES string of the molecule is CC(C)OC(=O)N1CCC2CCCCC2C1. The zero-order valence-corrected chi connectivity index (χ0v) is 10.4. The van der Waals surface area contributed by atoms with Gasteiger partial charge in [0.05, 0.1) is 6.10 Å². The Morgan fingerprint density at radius 1 is 1.19 bits per heavy atom. The van der Waals surface area contributed by atoms with Crippen molar-refractivity contribution < 1.29 is 9.53 Å². The van der Waals surface area contributed by atoms with Gasteiger partial charge in [-0.1, -0.05) is 19.3 Å². The molecule has 2 aliphatic rings. The second-order valence-electron chi connectivity index (χ2n) is 5.47. The van der Waals surface area contributed by atoms with Gasteiger partial charge in [-0.25, -0.2) is 4.79 Å². The Hall–Kier alpha value is -0.730. The predicted octanol–water partition coefficient (Wildman–Crippen LogP) is 3.04. The van der Waals surface area contributed by atoms with Crippen LogP contribution in [0.3, 0.4) is 0 Å². The maximum atomic E-state index is 11.8. The second-order valence-corrected chi connectivity index (χ2v) is 5.47. The third-order valence-corrected chi connectivity index (χ3v) is 3.89. The zero-order valence-electron chi connectivity index (χ0n) is 10.4. The van der Waals surface area contributed by atoms with Gasteiger partial charge in [0.15, 0.2) is 0 Å². The fourth-order valence-electron chi connectivity index (χ4n) is 3.04. The Labute approximate surface area is 98.1 Å². The maximum Gasteiger partial charge on any atom is 0.410 e. The van der Waals surface area contributed by atoms with Crippen LogP contribution >= 0.6 is 0 Å². The molecule has 1 saturated carbocycles. The number of ether oxygens (including phenoxy) is 1. The van der Waals surface area contributed by atoms with E-state index in [4.69, 9.17) is 4.74 Å². The average Bonchev–Trinajstić information content (AvgIpc) is 2.27. The Bertz CT molecular complexity index is 252. The molecule has 1 saturated heterocycles. The summed E-state index contributed by atoms with van der Waals surface area (Å²) in [7, 11) is 0. The molecule has 0 radical (unpaired) electrons. The van der Waals surface area contributed by atoms with E-state index in [0.29, 0.717) is 0 Å². The van der Waals surface area contributed by atoms with Gasteiger partial charge >= 0.3 is 6.09 Å². The van der Waals surface area contributed by atoms with Crippen LogP contribution in [0.1, 0.15) is 46.0 Å². The molecule has 92 valence electrons. The molecular formula is C13H23NO2. The lowest BCUT2D eigenvalue weighted by atomic mass is 9.75. The van der Waals surface area contributed by atoms with Gasteiger partial charge in [0.2, 0.25) is 0 Å². The Kier molecular flexibility index (Phi) is 3.72. The lowest BCUT2D eigenvalue weighted by Crippen LogP contribution is -2.45. The molecule has 0 N–H and O–H groups in total. The summed E-state index contributed by atoms with van der Waals surface area (Å²) in [5.41, 5.74) is 0. The van der Waals surface area contributed by atoms with Crippen molar-refractivity contribution in [1.82, 2.24) is 4.90 Å². The number of fused-ring (bicyclic) bond motifs is 1. The van der Waals surface area contributed by atoms with Crippen LogP contribution in [-0.2, 0) is 4.74 Å². The van der Waals surface area contributed by atoms with Crippen LogP contribution in [0, 0.1) is 11.8 Å². The summed E-state index contributed by atoms with van der Waals surface area (Å²) in [5, 5.41) is 0. The molecule has 2 unspecified atom stereocenters. The topological polar surface area (TPSA) is 29.5 Å². The minimum absolute atomic E-state index is 0.00317. The number of piperidine rings is 1. The number of hydrogen-bond donors (Lipinski definition) is 0.